The highest BCUT2D eigenvalue weighted by molar-refractivity contribution is 5.89. The van der Waals surface area contributed by atoms with E-state index in [-0.39, 0.29) is 18.2 Å². The first-order valence-electron chi connectivity index (χ1n) is 8.65. The van der Waals surface area contributed by atoms with Crippen LogP contribution in [0.25, 0.3) is 0 Å². The number of amides is 2. The van der Waals surface area contributed by atoms with Crippen LogP contribution in [-0.4, -0.2) is 49.6 Å². The van der Waals surface area contributed by atoms with Crippen LogP contribution in [0.2, 0.25) is 0 Å². The van der Waals surface area contributed by atoms with Gasteiger partial charge in [0.05, 0.1) is 7.11 Å². The van der Waals surface area contributed by atoms with Gasteiger partial charge in [0.25, 0.3) is 0 Å². The Morgan fingerprint density at radius 1 is 1.42 bits per heavy atom. The van der Waals surface area contributed by atoms with Gasteiger partial charge in [-0.3, -0.25) is 9.59 Å². The van der Waals surface area contributed by atoms with E-state index in [2.05, 4.69) is 10.6 Å². The van der Waals surface area contributed by atoms with E-state index in [1.165, 1.54) is 7.11 Å². The average molecular weight is 361 g/mol. The molecule has 1 aromatic carbocycles. The Hall–Kier alpha value is -2.61. The zero-order chi connectivity index (χ0) is 18.7. The average Bonchev–Trinajstić information content (AvgIpc) is 3.25. The van der Waals surface area contributed by atoms with Crippen LogP contribution in [0.3, 0.4) is 0 Å². The predicted molar refractivity (Wildman–Crippen MR) is 92.2 cm³/mol. The van der Waals surface area contributed by atoms with Crippen LogP contribution in [0.4, 0.5) is 0 Å². The van der Waals surface area contributed by atoms with Crippen molar-refractivity contribution in [2.75, 3.05) is 13.7 Å². The van der Waals surface area contributed by atoms with Gasteiger partial charge in [-0.05, 0) is 24.5 Å². The maximum atomic E-state index is 12.5. The van der Waals surface area contributed by atoms with Crippen molar-refractivity contribution in [3.63, 3.8) is 0 Å². The van der Waals surface area contributed by atoms with Gasteiger partial charge < -0.3 is 25.8 Å². The second-order valence-electron chi connectivity index (χ2n) is 6.59. The van der Waals surface area contributed by atoms with Crippen molar-refractivity contribution in [2.24, 2.45) is 11.7 Å². The standard InChI is InChI=1S/C18H23N3O5/c1-25-18(24)12(8-11-6-7-20-16(11)22)21-17(23)15(19)14-9-10-4-2-3-5-13(10)26-14/h2-5,11-12,14-15H,6-9,19H2,1H3,(H,20,22)(H,21,23)/t11-,12-,14-,15-/m0/s1. The molecule has 0 radical (unpaired) electrons. The molecule has 140 valence electrons. The van der Waals surface area contributed by atoms with Gasteiger partial charge in [0, 0.05) is 18.9 Å². The molecule has 1 saturated heterocycles. The lowest BCUT2D eigenvalue weighted by Gasteiger charge is -2.23. The lowest BCUT2D eigenvalue weighted by Crippen LogP contribution is -2.54. The molecule has 2 aliphatic heterocycles. The molecule has 0 unspecified atom stereocenters. The molecular formula is C18H23N3O5. The molecule has 4 atom stereocenters. The number of nitrogens with two attached hydrogens (primary N) is 1. The maximum absolute atomic E-state index is 12.5. The summed E-state index contributed by atoms with van der Waals surface area (Å²) < 4.78 is 10.5. The minimum absolute atomic E-state index is 0.118. The molecule has 1 fully saturated rings. The number of hydrogen-bond acceptors (Lipinski definition) is 6. The highest BCUT2D eigenvalue weighted by atomic mass is 16.5. The first-order chi connectivity index (χ1) is 12.5. The number of esters is 1. The van der Waals surface area contributed by atoms with Gasteiger partial charge in [-0.15, -0.1) is 0 Å². The molecule has 2 heterocycles. The fourth-order valence-corrected chi connectivity index (χ4v) is 3.36. The number of hydrogen-bond donors (Lipinski definition) is 3. The van der Waals surface area contributed by atoms with E-state index in [1.807, 2.05) is 24.3 Å². The van der Waals surface area contributed by atoms with E-state index in [4.69, 9.17) is 15.2 Å². The number of para-hydroxylation sites is 1. The Morgan fingerprint density at radius 2 is 2.19 bits per heavy atom. The van der Waals surface area contributed by atoms with Crippen molar-refractivity contribution < 1.29 is 23.9 Å². The smallest absolute Gasteiger partial charge is 0.328 e. The molecule has 0 aromatic heterocycles. The summed E-state index contributed by atoms with van der Waals surface area (Å²) >= 11 is 0. The summed E-state index contributed by atoms with van der Waals surface area (Å²) in [6, 6.07) is 5.65. The van der Waals surface area contributed by atoms with Crippen LogP contribution in [0.5, 0.6) is 5.75 Å². The van der Waals surface area contributed by atoms with Crippen LogP contribution in [0.1, 0.15) is 18.4 Å². The Bertz CT molecular complexity index is 683. The molecule has 0 saturated carbocycles. The van der Waals surface area contributed by atoms with Gasteiger partial charge in [-0.1, -0.05) is 18.2 Å². The number of nitrogens with one attached hydrogen (secondary N) is 2. The van der Waals surface area contributed by atoms with Crippen LogP contribution in [-0.2, 0) is 25.5 Å². The molecule has 1 aromatic rings. The molecule has 0 aliphatic carbocycles. The third kappa shape index (κ3) is 3.80. The predicted octanol–water partition coefficient (Wildman–Crippen LogP) is -0.499. The van der Waals surface area contributed by atoms with Gasteiger partial charge in [0.1, 0.15) is 23.9 Å². The monoisotopic (exact) mass is 361 g/mol. The SMILES string of the molecule is COC(=O)[C@H](C[C@@H]1CCNC1=O)NC(=O)[C@@H](N)[C@@H]1Cc2ccccc2O1. The van der Waals surface area contributed by atoms with Gasteiger partial charge in [0.15, 0.2) is 0 Å². The van der Waals surface area contributed by atoms with Crippen molar-refractivity contribution in [1.82, 2.24) is 10.6 Å². The maximum Gasteiger partial charge on any atom is 0.328 e. The normalized spacial score (nSPS) is 23.4. The third-order valence-electron chi connectivity index (χ3n) is 4.86. The minimum atomic E-state index is -0.938. The quantitative estimate of drug-likeness (QED) is 0.588. The van der Waals surface area contributed by atoms with Crippen LogP contribution >= 0.6 is 0 Å². The van der Waals surface area contributed by atoms with Crippen molar-refractivity contribution in [1.29, 1.82) is 0 Å². The molecule has 2 amide bonds. The lowest BCUT2D eigenvalue weighted by molar-refractivity contribution is -0.146. The molecule has 0 bridgehead atoms. The second kappa shape index (κ2) is 7.74. The van der Waals surface area contributed by atoms with E-state index in [1.54, 1.807) is 0 Å². The van der Waals surface area contributed by atoms with Crippen molar-refractivity contribution in [3.8, 4) is 5.75 Å². The van der Waals surface area contributed by atoms with E-state index in [0.29, 0.717) is 25.1 Å². The number of rotatable bonds is 6. The number of ether oxygens (including phenoxy) is 2. The van der Waals surface area contributed by atoms with Crippen LogP contribution in [0, 0.1) is 5.92 Å². The summed E-state index contributed by atoms with van der Waals surface area (Å²) in [5.41, 5.74) is 7.05. The molecule has 8 heteroatoms. The van der Waals surface area contributed by atoms with Crippen molar-refractivity contribution in [3.05, 3.63) is 29.8 Å². The van der Waals surface area contributed by atoms with Gasteiger partial charge >= 0.3 is 5.97 Å². The summed E-state index contributed by atoms with van der Waals surface area (Å²) in [6.45, 7) is 0.568. The highest BCUT2D eigenvalue weighted by Gasteiger charge is 2.36. The zero-order valence-corrected chi connectivity index (χ0v) is 14.6. The Morgan fingerprint density at radius 3 is 2.85 bits per heavy atom. The summed E-state index contributed by atoms with van der Waals surface area (Å²) in [7, 11) is 1.24. The highest BCUT2D eigenvalue weighted by Crippen LogP contribution is 2.29. The molecule has 26 heavy (non-hydrogen) atoms. The number of benzene rings is 1. The Balaban J connectivity index is 1.62. The topological polar surface area (TPSA) is 120 Å². The first kappa shape index (κ1) is 18.2. The zero-order valence-electron chi connectivity index (χ0n) is 14.6. The number of carbonyl (C=O) groups excluding carboxylic acids is 3. The minimum Gasteiger partial charge on any atom is -0.488 e. The second-order valence-corrected chi connectivity index (χ2v) is 6.59. The third-order valence-corrected chi connectivity index (χ3v) is 4.86. The van der Waals surface area contributed by atoms with Crippen molar-refractivity contribution >= 4 is 17.8 Å². The summed E-state index contributed by atoms with van der Waals surface area (Å²) in [5.74, 6) is -0.833. The van der Waals surface area contributed by atoms with Gasteiger partial charge in [-0.25, -0.2) is 4.79 Å². The first-order valence-corrected chi connectivity index (χ1v) is 8.65. The fraction of sp³-hybridized carbons (Fsp3) is 0.500. The largest absolute Gasteiger partial charge is 0.488 e. The summed E-state index contributed by atoms with van der Waals surface area (Å²) in [5, 5.41) is 5.33. The molecule has 3 rings (SSSR count). The Kier molecular flexibility index (Phi) is 5.41. The van der Waals surface area contributed by atoms with E-state index >= 15 is 0 Å². The Labute approximate surface area is 151 Å². The van der Waals surface area contributed by atoms with Gasteiger partial charge in [0.2, 0.25) is 11.8 Å². The van der Waals surface area contributed by atoms with E-state index < -0.39 is 30.1 Å². The number of fused-ring (bicyclic) bond motifs is 1. The molecule has 2 aliphatic rings. The number of carbonyl (C=O) groups is 3. The summed E-state index contributed by atoms with van der Waals surface area (Å²) in [6.07, 6.45) is 0.830. The molecular weight excluding hydrogens is 338 g/mol. The number of methoxy groups -OCH3 is 1. The molecule has 4 N–H and O–H groups in total. The van der Waals surface area contributed by atoms with E-state index in [0.717, 1.165) is 5.56 Å². The van der Waals surface area contributed by atoms with E-state index in [9.17, 15) is 14.4 Å². The molecule has 8 nitrogen and oxygen atoms in total. The van der Waals surface area contributed by atoms with Crippen LogP contribution in [0.15, 0.2) is 24.3 Å². The van der Waals surface area contributed by atoms with Crippen LogP contribution < -0.4 is 21.1 Å². The molecule has 0 spiro atoms. The lowest BCUT2D eigenvalue weighted by atomic mass is 9.97. The van der Waals surface area contributed by atoms with Crippen molar-refractivity contribution in [2.45, 2.75) is 37.5 Å². The summed E-state index contributed by atoms with van der Waals surface area (Å²) in [4.78, 5) is 36.3. The fourth-order valence-electron chi connectivity index (χ4n) is 3.36. The van der Waals surface area contributed by atoms with Gasteiger partial charge in [-0.2, -0.15) is 0 Å².